The van der Waals surface area contributed by atoms with E-state index in [0.717, 1.165) is 12.8 Å². The predicted molar refractivity (Wildman–Crippen MR) is 40.2 cm³/mol. The van der Waals surface area contributed by atoms with Crippen LogP contribution in [-0.4, -0.2) is 41.0 Å². The number of piperidine rings is 1. The Morgan fingerprint density at radius 2 is 2.27 bits per heavy atom. The summed E-state index contributed by atoms with van der Waals surface area (Å²) in [5.74, 6) is 0.225. The van der Waals surface area contributed by atoms with Gasteiger partial charge in [-0.2, -0.15) is 0 Å². The smallest absolute Gasteiger partial charge is 0.154 e. The van der Waals surface area contributed by atoms with E-state index < -0.39 is 6.10 Å². The van der Waals surface area contributed by atoms with Crippen LogP contribution >= 0.6 is 0 Å². The molecule has 0 aromatic heterocycles. The van der Waals surface area contributed by atoms with E-state index in [4.69, 9.17) is 0 Å². The number of aliphatic hydroxyl groups excluding tert-OH is 1. The summed E-state index contributed by atoms with van der Waals surface area (Å²) in [7, 11) is 1.93. The molecule has 0 saturated carbocycles. The van der Waals surface area contributed by atoms with E-state index in [1.54, 1.807) is 0 Å². The first-order chi connectivity index (χ1) is 5.20. The second kappa shape index (κ2) is 2.29. The molecule has 2 aliphatic heterocycles. The number of rotatable bonds is 0. The van der Waals surface area contributed by atoms with Crippen molar-refractivity contribution in [3.8, 4) is 0 Å². The molecule has 11 heavy (non-hydrogen) atoms. The molecule has 0 aromatic carbocycles. The SMILES string of the molecule is CN1C2CCC(O)C1C(=O)C2. The summed E-state index contributed by atoms with van der Waals surface area (Å²) in [6.45, 7) is 0. The number of likely N-dealkylation sites (N-methyl/N-ethyl adjacent to an activating group) is 1. The van der Waals surface area contributed by atoms with Gasteiger partial charge in [-0.25, -0.2) is 0 Å². The fourth-order valence-electron chi connectivity index (χ4n) is 2.26. The van der Waals surface area contributed by atoms with Crippen LogP contribution in [0.4, 0.5) is 0 Å². The van der Waals surface area contributed by atoms with Crippen LogP contribution in [0.2, 0.25) is 0 Å². The quantitative estimate of drug-likeness (QED) is 0.526. The van der Waals surface area contributed by atoms with Crippen LogP contribution in [0.5, 0.6) is 0 Å². The Bertz CT molecular complexity index is 193. The molecule has 2 heterocycles. The first kappa shape index (κ1) is 7.25. The number of fused-ring (bicyclic) bond motifs is 2. The van der Waals surface area contributed by atoms with Crippen LogP contribution in [0.15, 0.2) is 0 Å². The molecule has 0 aromatic rings. The van der Waals surface area contributed by atoms with Gasteiger partial charge in [0.15, 0.2) is 5.78 Å². The summed E-state index contributed by atoms with van der Waals surface area (Å²) >= 11 is 0. The molecule has 3 atom stereocenters. The Hall–Kier alpha value is -0.410. The van der Waals surface area contributed by atoms with E-state index in [9.17, 15) is 9.90 Å². The summed E-state index contributed by atoms with van der Waals surface area (Å²) in [4.78, 5) is 13.3. The van der Waals surface area contributed by atoms with Crippen LogP contribution < -0.4 is 0 Å². The van der Waals surface area contributed by atoms with E-state index >= 15 is 0 Å². The number of hydrogen-bond donors (Lipinski definition) is 1. The van der Waals surface area contributed by atoms with Gasteiger partial charge in [0.05, 0.1) is 12.1 Å². The van der Waals surface area contributed by atoms with Gasteiger partial charge in [-0.15, -0.1) is 0 Å². The zero-order chi connectivity index (χ0) is 8.01. The van der Waals surface area contributed by atoms with Crippen LogP contribution in [0.3, 0.4) is 0 Å². The van der Waals surface area contributed by atoms with Gasteiger partial charge in [-0.05, 0) is 19.9 Å². The normalized spacial score (nSPS) is 44.9. The predicted octanol–water partition coefficient (Wildman–Crippen LogP) is -0.217. The fraction of sp³-hybridized carbons (Fsp3) is 0.875. The average molecular weight is 155 g/mol. The van der Waals surface area contributed by atoms with Gasteiger partial charge in [0.25, 0.3) is 0 Å². The molecule has 0 radical (unpaired) electrons. The van der Waals surface area contributed by atoms with Gasteiger partial charge >= 0.3 is 0 Å². The van der Waals surface area contributed by atoms with Gasteiger partial charge in [-0.3, -0.25) is 9.69 Å². The zero-order valence-corrected chi connectivity index (χ0v) is 6.66. The number of carbonyl (C=O) groups is 1. The lowest BCUT2D eigenvalue weighted by Crippen LogP contribution is -2.46. The third-order valence-electron chi connectivity index (χ3n) is 2.94. The van der Waals surface area contributed by atoms with Gasteiger partial charge < -0.3 is 5.11 Å². The summed E-state index contributed by atoms with van der Waals surface area (Å²) in [5, 5.41) is 9.47. The highest BCUT2D eigenvalue weighted by Gasteiger charge is 2.45. The maximum Gasteiger partial charge on any atom is 0.154 e. The van der Waals surface area contributed by atoms with E-state index in [1.165, 1.54) is 0 Å². The number of ketones is 1. The number of Topliss-reactive ketones (excluding diaryl/α,β-unsaturated/α-hetero) is 1. The van der Waals surface area contributed by atoms with Crippen molar-refractivity contribution in [1.82, 2.24) is 4.90 Å². The largest absolute Gasteiger partial charge is 0.391 e. The molecule has 2 rings (SSSR count). The first-order valence-electron chi connectivity index (χ1n) is 4.13. The minimum Gasteiger partial charge on any atom is -0.391 e. The maximum atomic E-state index is 11.3. The lowest BCUT2D eigenvalue weighted by atomic mass is 10.0. The third kappa shape index (κ3) is 0.914. The van der Waals surface area contributed by atoms with Gasteiger partial charge in [-0.1, -0.05) is 0 Å². The molecule has 2 bridgehead atoms. The first-order valence-corrected chi connectivity index (χ1v) is 4.13. The molecular formula is C8H13NO2. The van der Waals surface area contributed by atoms with Crippen LogP contribution in [0.1, 0.15) is 19.3 Å². The van der Waals surface area contributed by atoms with Crippen molar-refractivity contribution in [3.05, 3.63) is 0 Å². The molecule has 2 fully saturated rings. The lowest BCUT2D eigenvalue weighted by molar-refractivity contribution is -0.123. The zero-order valence-electron chi connectivity index (χ0n) is 6.66. The minimum atomic E-state index is -0.411. The highest BCUT2D eigenvalue weighted by Crippen LogP contribution is 2.31. The molecule has 1 N–H and O–H groups in total. The van der Waals surface area contributed by atoms with Crippen molar-refractivity contribution in [1.29, 1.82) is 0 Å². The summed E-state index contributed by atoms with van der Waals surface area (Å²) in [6.07, 6.45) is 2.01. The molecule has 2 aliphatic rings. The fourth-order valence-corrected chi connectivity index (χ4v) is 2.26. The molecule has 3 unspecified atom stereocenters. The second-order valence-corrected chi connectivity index (χ2v) is 3.58. The van der Waals surface area contributed by atoms with E-state index in [2.05, 4.69) is 0 Å². The topological polar surface area (TPSA) is 40.5 Å². The molecule has 3 nitrogen and oxygen atoms in total. The van der Waals surface area contributed by atoms with Crippen LogP contribution in [-0.2, 0) is 4.79 Å². The Morgan fingerprint density at radius 3 is 2.91 bits per heavy atom. The lowest BCUT2D eigenvalue weighted by Gasteiger charge is -2.33. The molecule has 0 aliphatic carbocycles. The monoisotopic (exact) mass is 155 g/mol. The average Bonchev–Trinajstić information content (AvgIpc) is 2.11. The maximum absolute atomic E-state index is 11.3. The Morgan fingerprint density at radius 1 is 1.55 bits per heavy atom. The Kier molecular flexibility index (Phi) is 1.51. The van der Waals surface area contributed by atoms with E-state index in [1.807, 2.05) is 11.9 Å². The van der Waals surface area contributed by atoms with Gasteiger partial charge in [0.2, 0.25) is 0 Å². The Labute approximate surface area is 66.0 Å². The highest BCUT2D eigenvalue weighted by atomic mass is 16.3. The van der Waals surface area contributed by atoms with Crippen LogP contribution in [0, 0.1) is 0 Å². The number of nitrogens with zero attached hydrogens (tertiary/aromatic N) is 1. The van der Waals surface area contributed by atoms with Crippen molar-refractivity contribution < 1.29 is 9.90 Å². The molecule has 0 spiro atoms. The van der Waals surface area contributed by atoms with Crippen LogP contribution in [0.25, 0.3) is 0 Å². The molecule has 3 heteroatoms. The second-order valence-electron chi connectivity index (χ2n) is 3.58. The molecule has 62 valence electrons. The molecule has 0 amide bonds. The van der Waals surface area contributed by atoms with Crippen molar-refractivity contribution in [2.75, 3.05) is 7.05 Å². The standard InChI is InChI=1S/C8H13NO2/c1-9-5-2-3-6(10)8(9)7(11)4-5/h5-6,8,10H,2-4H2,1H3. The number of carbonyl (C=O) groups excluding carboxylic acids is 1. The summed E-state index contributed by atoms with van der Waals surface area (Å²) < 4.78 is 0. The Balaban J connectivity index is 2.25. The van der Waals surface area contributed by atoms with Crippen molar-refractivity contribution >= 4 is 5.78 Å². The number of aliphatic hydroxyl groups is 1. The van der Waals surface area contributed by atoms with E-state index in [0.29, 0.717) is 12.5 Å². The van der Waals surface area contributed by atoms with Crippen molar-refractivity contribution in [2.45, 2.75) is 37.5 Å². The summed E-state index contributed by atoms with van der Waals surface area (Å²) in [5.41, 5.74) is 0. The highest BCUT2D eigenvalue weighted by molar-refractivity contribution is 5.87. The summed E-state index contributed by atoms with van der Waals surface area (Å²) in [6, 6.07) is 0.227. The number of hydrogen-bond acceptors (Lipinski definition) is 3. The van der Waals surface area contributed by atoms with E-state index in [-0.39, 0.29) is 11.8 Å². The van der Waals surface area contributed by atoms with Gasteiger partial charge in [0.1, 0.15) is 0 Å². The molecule has 2 saturated heterocycles. The third-order valence-corrected chi connectivity index (χ3v) is 2.94. The van der Waals surface area contributed by atoms with Gasteiger partial charge in [0, 0.05) is 12.5 Å². The minimum absolute atomic E-state index is 0.186. The van der Waals surface area contributed by atoms with Crippen molar-refractivity contribution in [3.63, 3.8) is 0 Å². The van der Waals surface area contributed by atoms with Crippen molar-refractivity contribution in [2.24, 2.45) is 0 Å². The molecular weight excluding hydrogens is 142 g/mol.